The van der Waals surface area contributed by atoms with Crippen LogP contribution in [0, 0.1) is 0 Å². The molecule has 0 bridgehead atoms. The van der Waals surface area contributed by atoms with Crippen LogP contribution in [0.1, 0.15) is 226 Å². The first-order chi connectivity index (χ1) is 26.2. The lowest BCUT2D eigenvalue weighted by Gasteiger charge is -2.20. The van der Waals surface area contributed by atoms with Gasteiger partial charge in [0.05, 0.1) is 19.8 Å². The summed E-state index contributed by atoms with van der Waals surface area (Å²) in [6, 6.07) is -1.47. The molecule has 322 valence electrons. The zero-order valence-corrected chi connectivity index (χ0v) is 36.0. The number of esters is 1. The van der Waals surface area contributed by atoms with Crippen LogP contribution in [0.3, 0.4) is 0 Å². The summed E-state index contributed by atoms with van der Waals surface area (Å²) in [4.78, 5) is 33.5. The number of phosphoric acid groups is 1. The van der Waals surface area contributed by atoms with Crippen molar-refractivity contribution in [3.8, 4) is 0 Å². The average Bonchev–Trinajstić information content (AvgIpc) is 3.15. The fourth-order valence-electron chi connectivity index (χ4n) is 6.61. The molecule has 4 N–H and O–H groups in total. The van der Waals surface area contributed by atoms with Crippen LogP contribution < -0.4 is 5.73 Å². The maximum atomic E-state index is 12.6. The minimum Gasteiger partial charge on any atom is -0.480 e. The van der Waals surface area contributed by atoms with Crippen molar-refractivity contribution < 1.29 is 42.7 Å². The number of carboxylic acids is 1. The third kappa shape index (κ3) is 39.2. The largest absolute Gasteiger partial charge is 0.480 e. The maximum Gasteiger partial charge on any atom is 0.472 e. The number of rotatable bonds is 44. The van der Waals surface area contributed by atoms with Gasteiger partial charge in [0.1, 0.15) is 12.1 Å². The molecule has 0 fully saturated rings. The summed E-state index contributed by atoms with van der Waals surface area (Å²) in [5.41, 5.74) is 5.36. The summed E-state index contributed by atoms with van der Waals surface area (Å²) in [6.45, 7) is 3.93. The number of aliphatic carboxylic acids is 1. The number of hydrogen-bond donors (Lipinski definition) is 3. The molecule has 0 rings (SSSR count). The fraction of sp³-hybridized carbons (Fsp3) is 0.953. The Labute approximate surface area is 331 Å². The number of nitrogens with two attached hydrogens (primary N) is 1. The minimum atomic E-state index is -4.61. The Hall–Kier alpha value is -1.03. The Kier molecular flexibility index (Phi) is 39.4. The van der Waals surface area contributed by atoms with Gasteiger partial charge in [-0.2, -0.15) is 0 Å². The van der Waals surface area contributed by atoms with E-state index in [9.17, 15) is 19.0 Å². The van der Waals surface area contributed by atoms with Crippen molar-refractivity contribution in [1.29, 1.82) is 0 Å². The highest BCUT2D eigenvalue weighted by molar-refractivity contribution is 7.47. The highest BCUT2D eigenvalue weighted by Crippen LogP contribution is 2.43. The van der Waals surface area contributed by atoms with E-state index in [1.54, 1.807) is 0 Å². The van der Waals surface area contributed by atoms with Crippen LogP contribution in [-0.2, 0) is 32.7 Å². The van der Waals surface area contributed by atoms with Crippen molar-refractivity contribution in [3.05, 3.63) is 0 Å². The van der Waals surface area contributed by atoms with E-state index in [4.69, 9.17) is 29.4 Å². The third-order valence-corrected chi connectivity index (χ3v) is 11.1. The van der Waals surface area contributed by atoms with E-state index in [0.717, 1.165) is 38.5 Å². The van der Waals surface area contributed by atoms with Gasteiger partial charge < -0.3 is 25.2 Å². The molecule has 3 unspecified atom stereocenters. The quantitative estimate of drug-likeness (QED) is 0.0308. The van der Waals surface area contributed by atoms with Gasteiger partial charge in [-0.1, -0.05) is 206 Å². The monoisotopic (exact) mass is 792 g/mol. The molecule has 0 aliphatic rings. The zero-order chi connectivity index (χ0) is 39.8. The lowest BCUT2D eigenvalue weighted by molar-refractivity contribution is -0.154. The van der Waals surface area contributed by atoms with Crippen molar-refractivity contribution >= 4 is 19.8 Å². The summed E-state index contributed by atoms with van der Waals surface area (Å²) >= 11 is 0. The minimum absolute atomic E-state index is 0.0259. The lowest BCUT2D eigenvalue weighted by atomic mass is 10.0. The maximum absolute atomic E-state index is 12.6. The molecule has 0 aromatic carbocycles. The molecule has 0 aromatic heterocycles. The van der Waals surface area contributed by atoms with Crippen molar-refractivity contribution in [3.63, 3.8) is 0 Å². The topological polar surface area (TPSA) is 155 Å². The zero-order valence-electron chi connectivity index (χ0n) is 35.1. The van der Waals surface area contributed by atoms with Crippen LogP contribution in [0.25, 0.3) is 0 Å². The van der Waals surface area contributed by atoms with Gasteiger partial charge in [-0.25, -0.2) is 4.57 Å². The van der Waals surface area contributed by atoms with Gasteiger partial charge in [0.15, 0.2) is 0 Å². The van der Waals surface area contributed by atoms with Crippen LogP contribution in [0.15, 0.2) is 0 Å². The Morgan fingerprint density at radius 2 is 0.852 bits per heavy atom. The van der Waals surface area contributed by atoms with E-state index < -0.39 is 45.1 Å². The molecule has 3 atom stereocenters. The molecule has 0 amide bonds. The van der Waals surface area contributed by atoms with Crippen molar-refractivity contribution in [1.82, 2.24) is 0 Å². The molecule has 0 aromatic rings. The van der Waals surface area contributed by atoms with Crippen LogP contribution in [0.2, 0.25) is 0 Å². The molecule has 11 heteroatoms. The summed E-state index contributed by atoms with van der Waals surface area (Å²) in [5, 5.41) is 8.89. The summed E-state index contributed by atoms with van der Waals surface area (Å²) in [7, 11) is -4.61. The first-order valence-electron chi connectivity index (χ1n) is 22.6. The SMILES string of the molecule is CCCCCCCCCCCCCCCCCCCCOCC(COP(=O)(O)OCC(N)C(=O)O)OC(=O)CCCCCCCCCCCCCCCC. The van der Waals surface area contributed by atoms with Gasteiger partial charge in [-0.05, 0) is 12.8 Å². The molecule has 0 heterocycles. The van der Waals surface area contributed by atoms with Crippen LogP contribution in [-0.4, -0.2) is 60.5 Å². The Bertz CT molecular complexity index is 878. The number of unbranched alkanes of at least 4 members (excludes halogenated alkanes) is 30. The van der Waals surface area contributed by atoms with Gasteiger partial charge in [-0.3, -0.25) is 18.6 Å². The second-order valence-electron chi connectivity index (χ2n) is 15.5. The number of ether oxygens (including phenoxy) is 2. The van der Waals surface area contributed by atoms with Gasteiger partial charge in [0.2, 0.25) is 0 Å². The van der Waals surface area contributed by atoms with Crippen molar-refractivity contribution in [2.24, 2.45) is 5.73 Å². The Balaban J connectivity index is 4.15. The molecular weight excluding hydrogens is 705 g/mol. The normalized spacial score (nSPS) is 13.9. The second-order valence-corrected chi connectivity index (χ2v) is 17.0. The number of carbonyl (C=O) groups excluding carboxylic acids is 1. The number of phosphoric ester groups is 1. The summed E-state index contributed by atoms with van der Waals surface area (Å²) < 4.78 is 33.4. The first-order valence-corrected chi connectivity index (χ1v) is 24.1. The van der Waals surface area contributed by atoms with E-state index in [1.165, 1.54) is 167 Å². The number of carbonyl (C=O) groups is 2. The highest BCUT2D eigenvalue weighted by atomic mass is 31.2. The number of hydrogen-bond acceptors (Lipinski definition) is 8. The molecule has 0 saturated heterocycles. The van der Waals surface area contributed by atoms with E-state index in [1.807, 2.05) is 0 Å². The van der Waals surface area contributed by atoms with Gasteiger partial charge in [-0.15, -0.1) is 0 Å². The molecule has 0 aliphatic heterocycles. The average molecular weight is 792 g/mol. The molecule has 10 nitrogen and oxygen atoms in total. The second kappa shape index (κ2) is 40.2. The summed E-state index contributed by atoms with van der Waals surface area (Å²) in [6.07, 6.45) is 40.1. The van der Waals surface area contributed by atoms with Crippen LogP contribution in [0.4, 0.5) is 0 Å². The first kappa shape index (κ1) is 53.0. The van der Waals surface area contributed by atoms with Gasteiger partial charge >= 0.3 is 19.8 Å². The Morgan fingerprint density at radius 3 is 1.22 bits per heavy atom. The third-order valence-electron chi connectivity index (χ3n) is 10.1. The van der Waals surface area contributed by atoms with E-state index >= 15 is 0 Å². The van der Waals surface area contributed by atoms with Gasteiger partial charge in [0, 0.05) is 13.0 Å². The molecular formula is C43H86NO9P. The van der Waals surface area contributed by atoms with Crippen molar-refractivity contribution in [2.75, 3.05) is 26.4 Å². The predicted molar refractivity (Wildman–Crippen MR) is 222 cm³/mol. The highest BCUT2D eigenvalue weighted by Gasteiger charge is 2.27. The molecule has 54 heavy (non-hydrogen) atoms. The van der Waals surface area contributed by atoms with Crippen LogP contribution >= 0.6 is 7.82 Å². The fourth-order valence-corrected chi connectivity index (χ4v) is 7.38. The molecule has 0 aliphatic carbocycles. The van der Waals surface area contributed by atoms with Crippen molar-refractivity contribution in [2.45, 2.75) is 238 Å². The lowest BCUT2D eigenvalue weighted by Crippen LogP contribution is -2.34. The standard InChI is InChI=1S/C43H86NO9P/c1-3-5-7-9-11-13-15-17-19-20-21-22-24-26-28-30-32-34-36-50-37-40(38-51-54(48,49)52-39-41(44)43(46)47)53-42(45)35-33-31-29-27-25-23-18-16-14-12-10-8-6-4-2/h40-41H,3-39,44H2,1-2H3,(H,46,47)(H,48,49). The van der Waals surface area contributed by atoms with Crippen LogP contribution in [0.5, 0.6) is 0 Å². The van der Waals surface area contributed by atoms with E-state index in [2.05, 4.69) is 13.8 Å². The Morgan fingerprint density at radius 1 is 0.519 bits per heavy atom. The molecule has 0 radical (unpaired) electrons. The van der Waals surface area contributed by atoms with E-state index in [0.29, 0.717) is 6.61 Å². The number of carboxylic acid groups (broad SMARTS) is 1. The van der Waals surface area contributed by atoms with E-state index in [-0.39, 0.29) is 13.0 Å². The predicted octanol–water partition coefficient (Wildman–Crippen LogP) is 12.4. The van der Waals surface area contributed by atoms with Gasteiger partial charge in [0.25, 0.3) is 0 Å². The smallest absolute Gasteiger partial charge is 0.472 e. The molecule has 0 saturated carbocycles. The summed E-state index contributed by atoms with van der Waals surface area (Å²) in [5.74, 6) is -1.76. The molecule has 0 spiro atoms.